The van der Waals surface area contributed by atoms with Crippen LogP contribution in [-0.2, 0) is 54.0 Å². The minimum Gasteiger partial charge on any atom is -0.312 e. The standard InChI is InChI=1S/C25H26N2O8S3.C12H16N2O3S.3CH4/c1-18-4-10-21(11-5-18)36(29,30)26(3)37(31,32)22-14-8-20(9-15-22)27-17-16-24(25(27)28)35-38(33,34)23-12-6-19(2)7-13-23;1-9-7-8-14(12(9)15)10-3-5-11(6-4-10)18(16,17)13-2;;;/h4-15,24H,16-17H2,1-3H3;3-6,9,13H,7-8H2,1-2H3;3*1H4/t24-;;;;/m1..../s1. The lowest BCUT2D eigenvalue weighted by molar-refractivity contribution is -0.122. The number of hydrogen-bond acceptors (Lipinski definition) is 11. The van der Waals surface area contributed by atoms with Gasteiger partial charge in [-0.1, -0.05) is 68.3 Å². The molecule has 2 aliphatic heterocycles. The van der Waals surface area contributed by atoms with Crippen molar-refractivity contribution in [3.05, 3.63) is 108 Å². The molecule has 2 atom stereocenters. The van der Waals surface area contributed by atoms with Crippen molar-refractivity contribution in [1.29, 1.82) is 0 Å². The summed E-state index contributed by atoms with van der Waals surface area (Å²) in [6, 6.07) is 23.3. The van der Waals surface area contributed by atoms with Crippen molar-refractivity contribution in [2.75, 3.05) is 37.0 Å². The third-order valence-electron chi connectivity index (χ3n) is 9.35. The molecular weight excluding hydrogens is 841 g/mol. The fraction of sp³-hybridized carbons (Fsp3) is 0.350. The van der Waals surface area contributed by atoms with Gasteiger partial charge in [-0.2, -0.15) is 8.42 Å². The van der Waals surface area contributed by atoms with E-state index in [0.29, 0.717) is 15.9 Å². The minimum absolute atomic E-state index is 0. The van der Waals surface area contributed by atoms with Crippen LogP contribution in [0.15, 0.2) is 117 Å². The van der Waals surface area contributed by atoms with Crippen molar-refractivity contribution in [1.82, 2.24) is 8.43 Å². The van der Waals surface area contributed by atoms with E-state index in [1.54, 1.807) is 48.2 Å². The Morgan fingerprint density at radius 2 is 0.949 bits per heavy atom. The van der Waals surface area contributed by atoms with Crippen LogP contribution in [0.1, 0.15) is 53.2 Å². The molecule has 0 radical (unpaired) electrons. The molecule has 0 spiro atoms. The van der Waals surface area contributed by atoms with Crippen LogP contribution in [-0.4, -0.2) is 82.5 Å². The van der Waals surface area contributed by atoms with Crippen LogP contribution in [0.5, 0.6) is 0 Å². The Labute approximate surface area is 350 Å². The quantitative estimate of drug-likeness (QED) is 0.181. The lowest BCUT2D eigenvalue weighted by Crippen LogP contribution is -2.33. The maximum Gasteiger partial charge on any atom is 0.297 e. The van der Waals surface area contributed by atoms with Crippen LogP contribution in [0.2, 0.25) is 0 Å². The van der Waals surface area contributed by atoms with E-state index in [4.69, 9.17) is 4.18 Å². The Balaban J connectivity index is 0.000000483. The summed E-state index contributed by atoms with van der Waals surface area (Å²) >= 11 is 0. The molecule has 0 aromatic heterocycles. The molecule has 2 amide bonds. The Morgan fingerprint density at radius 1 is 0.576 bits per heavy atom. The maximum atomic E-state index is 13.1. The van der Waals surface area contributed by atoms with Gasteiger partial charge >= 0.3 is 0 Å². The van der Waals surface area contributed by atoms with E-state index in [2.05, 4.69) is 4.72 Å². The van der Waals surface area contributed by atoms with E-state index in [0.717, 1.165) is 30.3 Å². The summed E-state index contributed by atoms with van der Waals surface area (Å²) in [6.45, 7) is 6.34. The van der Waals surface area contributed by atoms with Gasteiger partial charge in [-0.05, 0) is 100 Å². The Morgan fingerprint density at radius 3 is 1.36 bits per heavy atom. The van der Waals surface area contributed by atoms with Crippen LogP contribution in [0, 0.1) is 19.8 Å². The van der Waals surface area contributed by atoms with E-state index >= 15 is 0 Å². The van der Waals surface area contributed by atoms with Gasteiger partial charge in [0.25, 0.3) is 36.1 Å². The zero-order valence-electron chi connectivity index (χ0n) is 31.2. The molecule has 1 unspecified atom stereocenters. The summed E-state index contributed by atoms with van der Waals surface area (Å²) in [5.41, 5.74) is 2.76. The number of hydrogen-bond donors (Lipinski definition) is 1. The van der Waals surface area contributed by atoms with Crippen molar-refractivity contribution in [3.8, 4) is 0 Å². The fourth-order valence-electron chi connectivity index (χ4n) is 5.85. The first-order valence-electron chi connectivity index (χ1n) is 17.3. The highest BCUT2D eigenvalue weighted by Crippen LogP contribution is 2.30. The number of sulfonamides is 3. The number of benzene rings is 4. The third kappa shape index (κ3) is 11.0. The topological polar surface area (TPSA) is 202 Å². The Bertz CT molecular complexity index is 2530. The van der Waals surface area contributed by atoms with E-state index in [1.807, 2.05) is 13.8 Å². The number of carbonyl (C=O) groups is 2. The van der Waals surface area contributed by atoms with Gasteiger partial charge in [0.1, 0.15) is 0 Å². The molecule has 4 aromatic carbocycles. The summed E-state index contributed by atoms with van der Waals surface area (Å²) in [4.78, 5) is 27.4. The van der Waals surface area contributed by atoms with E-state index in [1.165, 1.54) is 72.6 Å². The van der Waals surface area contributed by atoms with Crippen molar-refractivity contribution < 1.29 is 47.4 Å². The highest BCUT2D eigenvalue weighted by Gasteiger charge is 2.38. The summed E-state index contributed by atoms with van der Waals surface area (Å²) in [5.74, 6) is -0.444. The van der Waals surface area contributed by atoms with Crippen LogP contribution >= 0.6 is 0 Å². The lowest BCUT2D eigenvalue weighted by Gasteiger charge is -2.19. The van der Waals surface area contributed by atoms with Crippen LogP contribution in [0.4, 0.5) is 11.4 Å². The van der Waals surface area contributed by atoms with Crippen molar-refractivity contribution in [3.63, 3.8) is 0 Å². The number of aryl methyl sites for hydroxylation is 2. The molecule has 15 nitrogen and oxygen atoms in total. The molecule has 2 aliphatic rings. The third-order valence-corrected chi connectivity index (χ3v) is 16.4. The number of rotatable bonds is 11. The van der Waals surface area contributed by atoms with Crippen molar-refractivity contribution in [2.24, 2.45) is 5.92 Å². The molecule has 0 bridgehead atoms. The zero-order valence-corrected chi connectivity index (χ0v) is 34.5. The highest BCUT2D eigenvalue weighted by molar-refractivity contribution is 8.04. The molecule has 6 rings (SSSR count). The van der Waals surface area contributed by atoms with Gasteiger partial charge in [0.05, 0.1) is 19.6 Å². The SMILES string of the molecule is C.C.C.CNS(=O)(=O)c1ccc(N2CCC(C)C2=O)cc1.Cc1ccc(S(=O)(=O)O[C@@H]2CCN(c3ccc(S(=O)(=O)N(C)S(=O)(=O)c4ccc(C)cc4)cc3)C2=O)cc1. The average molecular weight is 895 g/mol. The zero-order chi connectivity index (χ0) is 41.2. The number of anilines is 2. The lowest BCUT2D eigenvalue weighted by atomic mass is 10.1. The van der Waals surface area contributed by atoms with Gasteiger partial charge in [0.2, 0.25) is 15.9 Å². The van der Waals surface area contributed by atoms with Gasteiger partial charge < -0.3 is 9.80 Å². The summed E-state index contributed by atoms with van der Waals surface area (Å²) in [5, 5.41) is 0. The molecule has 59 heavy (non-hydrogen) atoms. The first-order chi connectivity index (χ1) is 26.2. The predicted octanol–water partition coefficient (Wildman–Crippen LogP) is 5.70. The molecule has 2 fully saturated rings. The number of nitrogens with one attached hydrogen (secondary N) is 1. The smallest absolute Gasteiger partial charge is 0.297 e. The average Bonchev–Trinajstić information content (AvgIpc) is 3.70. The molecule has 2 heterocycles. The monoisotopic (exact) mass is 894 g/mol. The predicted molar refractivity (Wildman–Crippen MR) is 229 cm³/mol. The minimum atomic E-state index is -4.44. The van der Waals surface area contributed by atoms with E-state index in [9.17, 15) is 43.3 Å². The largest absolute Gasteiger partial charge is 0.312 e. The molecule has 0 aliphatic carbocycles. The summed E-state index contributed by atoms with van der Waals surface area (Å²) < 4.78 is 108. The molecule has 324 valence electrons. The van der Waals surface area contributed by atoms with Crippen molar-refractivity contribution in [2.45, 2.75) is 81.6 Å². The first kappa shape index (κ1) is 50.6. The molecule has 2 saturated heterocycles. The second kappa shape index (κ2) is 19.7. The van der Waals surface area contributed by atoms with Gasteiger partial charge in [-0.15, -0.1) is 0 Å². The van der Waals surface area contributed by atoms with E-state index in [-0.39, 0.29) is 66.7 Å². The number of nitrogens with zero attached hydrogens (tertiary/aromatic N) is 3. The Hall–Kier alpha value is -4.50. The highest BCUT2D eigenvalue weighted by atomic mass is 32.3. The molecule has 19 heteroatoms. The van der Waals surface area contributed by atoms with Gasteiger partial charge in [-0.25, -0.2) is 30.0 Å². The fourth-order valence-corrected chi connectivity index (χ4v) is 10.7. The van der Waals surface area contributed by atoms with E-state index < -0.39 is 52.2 Å². The van der Waals surface area contributed by atoms with Crippen LogP contribution in [0.25, 0.3) is 0 Å². The van der Waals surface area contributed by atoms with Gasteiger partial charge in [0.15, 0.2) is 6.10 Å². The maximum absolute atomic E-state index is 13.1. The van der Waals surface area contributed by atoms with Crippen LogP contribution in [0.3, 0.4) is 0 Å². The molecule has 4 aromatic rings. The molecule has 1 N–H and O–H groups in total. The number of amides is 2. The van der Waals surface area contributed by atoms with Crippen molar-refractivity contribution >= 4 is 63.4 Å². The summed E-state index contributed by atoms with van der Waals surface area (Å²) in [6.07, 6.45) is -0.271. The van der Waals surface area contributed by atoms with Gasteiger partial charge in [-0.3, -0.25) is 13.8 Å². The van der Waals surface area contributed by atoms with Gasteiger partial charge in [0, 0.05) is 43.9 Å². The Kier molecular flexibility index (Phi) is 16.9. The second-order valence-corrected chi connectivity index (χ2v) is 20.8. The first-order valence-corrected chi connectivity index (χ1v) is 23.0. The molecular formula is C40H54N4O11S4. The normalized spacial score (nSPS) is 17.1. The van der Waals surface area contributed by atoms with Crippen LogP contribution < -0.4 is 14.5 Å². The second-order valence-electron chi connectivity index (χ2n) is 13.2. The number of carbonyl (C=O) groups excluding carboxylic acids is 2. The molecule has 0 saturated carbocycles. The summed E-state index contributed by atoms with van der Waals surface area (Å²) in [7, 11) is -14.0.